The van der Waals surface area contributed by atoms with Crippen LogP contribution >= 0.6 is 0 Å². The average Bonchev–Trinajstić information content (AvgIpc) is 2.39. The molecule has 0 bridgehead atoms. The molecule has 0 spiro atoms. The first-order chi connectivity index (χ1) is 8.33. The van der Waals surface area contributed by atoms with Crippen molar-refractivity contribution in [2.45, 2.75) is 37.5 Å². The first-order valence-electron chi connectivity index (χ1n) is 6.41. The predicted octanol–water partition coefficient (Wildman–Crippen LogP) is 1.93. The monoisotopic (exact) mass is 233 g/mol. The lowest BCUT2D eigenvalue weighted by molar-refractivity contribution is -0.123. The average molecular weight is 233 g/mol. The number of piperidine rings is 1. The summed E-state index contributed by atoms with van der Waals surface area (Å²) in [5, 5.41) is 9.74. The van der Waals surface area contributed by atoms with Gasteiger partial charge in [-0.2, -0.15) is 0 Å². The number of nitrogens with zero attached hydrogens (tertiary/aromatic N) is 1. The van der Waals surface area contributed by atoms with Crippen LogP contribution in [-0.4, -0.2) is 35.4 Å². The Labute approximate surface area is 102 Å². The molecule has 3 nitrogen and oxygen atoms in total. The lowest BCUT2D eigenvalue weighted by atomic mass is 9.91. The highest BCUT2D eigenvalue weighted by molar-refractivity contribution is 5.18. The highest BCUT2D eigenvalue weighted by Gasteiger charge is 2.34. The van der Waals surface area contributed by atoms with Crippen molar-refractivity contribution in [1.29, 1.82) is 0 Å². The van der Waals surface area contributed by atoms with Crippen LogP contribution in [0.2, 0.25) is 0 Å². The summed E-state index contributed by atoms with van der Waals surface area (Å²) in [7, 11) is 0. The molecule has 2 fully saturated rings. The van der Waals surface area contributed by atoms with Crippen LogP contribution in [0.25, 0.3) is 0 Å². The predicted molar refractivity (Wildman–Crippen MR) is 65.5 cm³/mol. The van der Waals surface area contributed by atoms with E-state index in [1.54, 1.807) is 0 Å². The Morgan fingerprint density at radius 1 is 1.18 bits per heavy atom. The summed E-state index contributed by atoms with van der Waals surface area (Å²) in [6.45, 7) is 1.67. The van der Waals surface area contributed by atoms with E-state index in [-0.39, 0.29) is 12.2 Å². The first kappa shape index (κ1) is 11.2. The molecule has 3 heteroatoms. The van der Waals surface area contributed by atoms with Gasteiger partial charge in [-0.05, 0) is 24.8 Å². The first-order valence-corrected chi connectivity index (χ1v) is 6.41. The van der Waals surface area contributed by atoms with Crippen molar-refractivity contribution < 1.29 is 9.84 Å². The Morgan fingerprint density at radius 3 is 2.82 bits per heavy atom. The van der Waals surface area contributed by atoms with Crippen molar-refractivity contribution in [2.24, 2.45) is 0 Å². The van der Waals surface area contributed by atoms with E-state index >= 15 is 0 Å². The quantitative estimate of drug-likeness (QED) is 0.804. The van der Waals surface area contributed by atoms with Crippen molar-refractivity contribution in [1.82, 2.24) is 4.90 Å². The van der Waals surface area contributed by atoms with E-state index < -0.39 is 0 Å². The van der Waals surface area contributed by atoms with Crippen LogP contribution in [0.4, 0.5) is 0 Å². The Hall–Kier alpha value is -0.900. The lowest BCUT2D eigenvalue weighted by Crippen LogP contribution is -2.49. The number of ether oxygens (including phenoxy) is 1. The minimum Gasteiger partial charge on any atom is -0.393 e. The number of aliphatic hydroxyl groups is 1. The third-order valence-corrected chi connectivity index (χ3v) is 3.91. The van der Waals surface area contributed by atoms with Gasteiger partial charge < -0.3 is 9.84 Å². The fourth-order valence-corrected chi connectivity index (χ4v) is 2.89. The fraction of sp³-hybridized carbons (Fsp3) is 0.571. The van der Waals surface area contributed by atoms with Crippen LogP contribution in [0.1, 0.15) is 30.9 Å². The Bertz CT molecular complexity index is 368. The zero-order valence-corrected chi connectivity index (χ0v) is 9.96. The summed E-state index contributed by atoms with van der Waals surface area (Å²) in [6.07, 6.45) is 2.86. The SMILES string of the molecule is O[C@@H]1CCN2CO[C@@H](c3ccccc3)C[C@H]2C1. The summed E-state index contributed by atoms with van der Waals surface area (Å²) in [4.78, 5) is 2.35. The fourth-order valence-electron chi connectivity index (χ4n) is 2.89. The topological polar surface area (TPSA) is 32.7 Å². The molecule has 17 heavy (non-hydrogen) atoms. The minimum atomic E-state index is -0.120. The van der Waals surface area contributed by atoms with Crippen molar-refractivity contribution in [3.63, 3.8) is 0 Å². The highest BCUT2D eigenvalue weighted by atomic mass is 16.5. The Morgan fingerprint density at radius 2 is 2.00 bits per heavy atom. The molecule has 0 aromatic heterocycles. The van der Waals surface area contributed by atoms with Gasteiger partial charge in [-0.25, -0.2) is 0 Å². The van der Waals surface area contributed by atoms with E-state index in [1.807, 2.05) is 6.07 Å². The molecule has 2 saturated heterocycles. The van der Waals surface area contributed by atoms with Gasteiger partial charge >= 0.3 is 0 Å². The van der Waals surface area contributed by atoms with E-state index in [9.17, 15) is 5.11 Å². The Kier molecular flexibility index (Phi) is 3.14. The van der Waals surface area contributed by atoms with Gasteiger partial charge in [0.25, 0.3) is 0 Å². The van der Waals surface area contributed by atoms with Crippen LogP contribution in [0.5, 0.6) is 0 Å². The maximum atomic E-state index is 9.74. The number of rotatable bonds is 1. The van der Waals surface area contributed by atoms with Gasteiger partial charge in [-0.15, -0.1) is 0 Å². The van der Waals surface area contributed by atoms with Crippen LogP contribution in [0.15, 0.2) is 30.3 Å². The van der Waals surface area contributed by atoms with Gasteiger partial charge in [0, 0.05) is 12.6 Å². The van der Waals surface area contributed by atoms with Gasteiger partial charge in [0.1, 0.15) is 6.73 Å². The Balaban J connectivity index is 1.70. The second-order valence-electron chi connectivity index (χ2n) is 5.08. The molecule has 1 aromatic carbocycles. The standard InChI is InChI=1S/C14H19NO2/c16-13-6-7-15-10-17-14(9-12(15)8-13)11-4-2-1-3-5-11/h1-5,12-14,16H,6-10H2/t12-,13-,14-/m1/s1. The smallest absolute Gasteiger partial charge is 0.100 e. The molecule has 0 amide bonds. The molecule has 3 rings (SSSR count). The molecule has 0 saturated carbocycles. The lowest BCUT2D eigenvalue weighted by Gasteiger charge is -2.43. The summed E-state index contributed by atoms with van der Waals surface area (Å²) < 4.78 is 5.91. The number of hydrogen-bond donors (Lipinski definition) is 1. The normalized spacial score (nSPS) is 34.3. The molecule has 92 valence electrons. The largest absolute Gasteiger partial charge is 0.393 e. The molecule has 0 unspecified atom stereocenters. The molecule has 3 atom stereocenters. The summed E-state index contributed by atoms with van der Waals surface area (Å²) in [6, 6.07) is 10.9. The number of hydrogen-bond acceptors (Lipinski definition) is 3. The van der Waals surface area contributed by atoms with E-state index in [4.69, 9.17) is 4.74 Å². The van der Waals surface area contributed by atoms with Crippen molar-refractivity contribution in [3.05, 3.63) is 35.9 Å². The maximum absolute atomic E-state index is 9.74. The zero-order chi connectivity index (χ0) is 11.7. The maximum Gasteiger partial charge on any atom is 0.100 e. The van der Waals surface area contributed by atoms with Gasteiger partial charge in [-0.3, -0.25) is 4.90 Å². The zero-order valence-electron chi connectivity index (χ0n) is 9.96. The highest BCUT2D eigenvalue weighted by Crippen LogP contribution is 2.33. The molecule has 0 radical (unpaired) electrons. The molecule has 0 aliphatic carbocycles. The number of benzene rings is 1. The molecule has 2 aliphatic heterocycles. The van der Waals surface area contributed by atoms with Crippen LogP contribution in [0.3, 0.4) is 0 Å². The van der Waals surface area contributed by atoms with Gasteiger partial charge in [0.2, 0.25) is 0 Å². The minimum absolute atomic E-state index is 0.120. The van der Waals surface area contributed by atoms with Crippen molar-refractivity contribution in [2.75, 3.05) is 13.3 Å². The van der Waals surface area contributed by atoms with Crippen molar-refractivity contribution in [3.8, 4) is 0 Å². The van der Waals surface area contributed by atoms with Gasteiger partial charge in [-0.1, -0.05) is 30.3 Å². The van der Waals surface area contributed by atoms with Crippen molar-refractivity contribution >= 4 is 0 Å². The molecule has 2 aliphatic rings. The van der Waals surface area contributed by atoms with E-state index in [0.29, 0.717) is 12.8 Å². The van der Waals surface area contributed by atoms with Crippen LogP contribution < -0.4 is 0 Å². The molecular formula is C14H19NO2. The van der Waals surface area contributed by atoms with Gasteiger partial charge in [0.05, 0.1) is 12.2 Å². The molecule has 1 aromatic rings. The van der Waals surface area contributed by atoms with Crippen LogP contribution in [-0.2, 0) is 4.74 Å². The molecule has 1 N–H and O–H groups in total. The number of fused-ring (bicyclic) bond motifs is 1. The molecule has 2 heterocycles. The third-order valence-electron chi connectivity index (χ3n) is 3.91. The van der Waals surface area contributed by atoms with E-state index in [2.05, 4.69) is 29.2 Å². The second kappa shape index (κ2) is 4.77. The number of aliphatic hydroxyl groups excluding tert-OH is 1. The molecular weight excluding hydrogens is 214 g/mol. The summed E-state index contributed by atoms with van der Waals surface area (Å²) in [5.41, 5.74) is 1.26. The van der Waals surface area contributed by atoms with E-state index in [1.165, 1.54) is 5.56 Å². The summed E-state index contributed by atoms with van der Waals surface area (Å²) >= 11 is 0. The third kappa shape index (κ3) is 2.37. The van der Waals surface area contributed by atoms with Gasteiger partial charge in [0.15, 0.2) is 0 Å². The second-order valence-corrected chi connectivity index (χ2v) is 5.08. The summed E-state index contributed by atoms with van der Waals surface area (Å²) in [5.74, 6) is 0. The van der Waals surface area contributed by atoms with Crippen LogP contribution in [0, 0.1) is 0 Å². The van der Waals surface area contributed by atoms with E-state index in [0.717, 1.165) is 25.8 Å².